The number of aromatic nitrogens is 2. The lowest BCUT2D eigenvalue weighted by Crippen LogP contribution is -2.15. The topological polar surface area (TPSA) is 64.1 Å². The molecule has 0 unspecified atom stereocenters. The Morgan fingerprint density at radius 2 is 2.27 bits per heavy atom. The third-order valence-corrected chi connectivity index (χ3v) is 2.27. The van der Waals surface area contributed by atoms with Gasteiger partial charge in [0.1, 0.15) is 11.2 Å². The Balaban J connectivity index is 2.71. The SMILES string of the molecule is COC(=O)c1cc2ccn(C)c(=O)c2[nH]1. The summed E-state index contributed by atoms with van der Waals surface area (Å²) < 4.78 is 6.00. The van der Waals surface area contributed by atoms with Crippen LogP contribution < -0.4 is 5.56 Å². The lowest BCUT2D eigenvalue weighted by molar-refractivity contribution is 0.0595. The van der Waals surface area contributed by atoms with Gasteiger partial charge in [0, 0.05) is 18.6 Å². The molecule has 0 aliphatic rings. The van der Waals surface area contributed by atoms with Crippen LogP contribution in [0, 0.1) is 0 Å². The fourth-order valence-electron chi connectivity index (χ4n) is 1.44. The monoisotopic (exact) mass is 206 g/mol. The molecule has 0 bridgehead atoms. The van der Waals surface area contributed by atoms with E-state index in [-0.39, 0.29) is 11.3 Å². The molecule has 0 atom stereocenters. The number of nitrogens with zero attached hydrogens (tertiary/aromatic N) is 1. The van der Waals surface area contributed by atoms with Crippen LogP contribution in [0.15, 0.2) is 23.1 Å². The van der Waals surface area contributed by atoms with Crippen molar-refractivity contribution >= 4 is 16.9 Å². The van der Waals surface area contributed by atoms with E-state index in [0.717, 1.165) is 0 Å². The molecule has 5 heteroatoms. The molecule has 0 amide bonds. The van der Waals surface area contributed by atoms with Crippen LogP contribution >= 0.6 is 0 Å². The number of nitrogens with one attached hydrogen (secondary N) is 1. The Kier molecular flexibility index (Phi) is 2.07. The van der Waals surface area contributed by atoms with Crippen molar-refractivity contribution in [1.29, 1.82) is 0 Å². The van der Waals surface area contributed by atoms with Crippen molar-refractivity contribution < 1.29 is 9.53 Å². The number of carbonyl (C=O) groups excluding carboxylic acids is 1. The second-order valence-electron chi connectivity index (χ2n) is 3.24. The first-order valence-electron chi connectivity index (χ1n) is 4.40. The number of hydrogen-bond acceptors (Lipinski definition) is 3. The van der Waals surface area contributed by atoms with Gasteiger partial charge in [-0.2, -0.15) is 0 Å². The lowest BCUT2D eigenvalue weighted by atomic mass is 10.3. The van der Waals surface area contributed by atoms with E-state index in [1.54, 1.807) is 25.4 Å². The van der Waals surface area contributed by atoms with Crippen molar-refractivity contribution in [3.05, 3.63) is 34.4 Å². The molecule has 2 rings (SSSR count). The van der Waals surface area contributed by atoms with E-state index < -0.39 is 5.97 Å². The van der Waals surface area contributed by atoms with Crippen LogP contribution in [0.1, 0.15) is 10.5 Å². The molecule has 0 spiro atoms. The summed E-state index contributed by atoms with van der Waals surface area (Å²) in [6.45, 7) is 0. The van der Waals surface area contributed by atoms with Gasteiger partial charge < -0.3 is 14.3 Å². The first-order chi connectivity index (χ1) is 7.13. The molecule has 2 heterocycles. The first kappa shape index (κ1) is 9.51. The summed E-state index contributed by atoms with van der Waals surface area (Å²) in [6, 6.07) is 3.36. The molecule has 5 nitrogen and oxygen atoms in total. The maximum absolute atomic E-state index is 11.6. The van der Waals surface area contributed by atoms with Crippen molar-refractivity contribution in [3.8, 4) is 0 Å². The zero-order valence-electron chi connectivity index (χ0n) is 8.40. The van der Waals surface area contributed by atoms with Gasteiger partial charge >= 0.3 is 5.97 Å². The maximum Gasteiger partial charge on any atom is 0.354 e. The molecule has 2 aromatic rings. The number of esters is 1. The van der Waals surface area contributed by atoms with Gasteiger partial charge in [-0.05, 0) is 12.1 Å². The number of ether oxygens (including phenoxy) is 1. The average Bonchev–Trinajstić information content (AvgIpc) is 2.67. The number of fused-ring (bicyclic) bond motifs is 1. The molecule has 0 fully saturated rings. The third kappa shape index (κ3) is 1.41. The molecular weight excluding hydrogens is 196 g/mol. The molecule has 1 N–H and O–H groups in total. The summed E-state index contributed by atoms with van der Waals surface area (Å²) in [5, 5.41) is 0.707. The Bertz CT molecular complexity index is 580. The van der Waals surface area contributed by atoms with Gasteiger partial charge in [0.15, 0.2) is 0 Å². The minimum Gasteiger partial charge on any atom is -0.464 e. The van der Waals surface area contributed by atoms with Crippen LogP contribution in [0.2, 0.25) is 0 Å². The zero-order valence-corrected chi connectivity index (χ0v) is 8.40. The quantitative estimate of drug-likeness (QED) is 0.697. The standard InChI is InChI=1S/C10H10N2O3/c1-12-4-3-6-5-7(10(14)15-2)11-8(6)9(12)13/h3-5,11H,1-2H3. The summed E-state index contributed by atoms with van der Waals surface area (Å²) in [5.74, 6) is -0.478. The van der Waals surface area contributed by atoms with Gasteiger partial charge in [0.25, 0.3) is 5.56 Å². The second-order valence-corrected chi connectivity index (χ2v) is 3.24. The van der Waals surface area contributed by atoms with Crippen LogP contribution in [0.5, 0.6) is 0 Å². The number of H-pyrrole nitrogens is 1. The van der Waals surface area contributed by atoms with Gasteiger partial charge in [-0.1, -0.05) is 0 Å². The smallest absolute Gasteiger partial charge is 0.354 e. The Labute approximate surface area is 85.3 Å². The first-order valence-corrected chi connectivity index (χ1v) is 4.40. The summed E-state index contributed by atoms with van der Waals surface area (Å²) >= 11 is 0. The molecule has 0 saturated carbocycles. The number of carbonyl (C=O) groups is 1. The predicted octanol–water partition coefficient (Wildman–Crippen LogP) is 0.653. The van der Waals surface area contributed by atoms with E-state index >= 15 is 0 Å². The van der Waals surface area contributed by atoms with Crippen molar-refractivity contribution in [3.63, 3.8) is 0 Å². The Morgan fingerprint density at radius 1 is 1.53 bits per heavy atom. The maximum atomic E-state index is 11.6. The normalized spacial score (nSPS) is 10.5. The van der Waals surface area contributed by atoms with Crippen LogP contribution in [0.25, 0.3) is 10.9 Å². The van der Waals surface area contributed by atoms with Gasteiger partial charge in [0.2, 0.25) is 0 Å². The highest BCUT2D eigenvalue weighted by Crippen LogP contribution is 2.11. The minimum absolute atomic E-state index is 0.164. The highest BCUT2D eigenvalue weighted by molar-refractivity contribution is 5.94. The lowest BCUT2D eigenvalue weighted by Gasteiger charge is -1.94. The number of hydrogen-bond donors (Lipinski definition) is 1. The van der Waals surface area contributed by atoms with E-state index in [1.807, 2.05) is 0 Å². The van der Waals surface area contributed by atoms with E-state index in [0.29, 0.717) is 10.9 Å². The van der Waals surface area contributed by atoms with Gasteiger partial charge in [-0.3, -0.25) is 4.79 Å². The molecule has 0 aromatic carbocycles. The zero-order chi connectivity index (χ0) is 11.0. The molecule has 2 aromatic heterocycles. The third-order valence-electron chi connectivity index (χ3n) is 2.27. The van der Waals surface area contributed by atoms with Crippen molar-refractivity contribution in [2.45, 2.75) is 0 Å². The number of aryl methyl sites for hydroxylation is 1. The van der Waals surface area contributed by atoms with Gasteiger partial charge in [-0.25, -0.2) is 4.79 Å². The van der Waals surface area contributed by atoms with Crippen LogP contribution in [0.4, 0.5) is 0 Å². The van der Waals surface area contributed by atoms with E-state index in [2.05, 4.69) is 9.72 Å². The molecule has 78 valence electrons. The van der Waals surface area contributed by atoms with Crippen LogP contribution in [-0.4, -0.2) is 22.6 Å². The fourth-order valence-corrected chi connectivity index (χ4v) is 1.44. The largest absolute Gasteiger partial charge is 0.464 e. The van der Waals surface area contributed by atoms with Crippen molar-refractivity contribution in [1.82, 2.24) is 9.55 Å². The molecule has 0 aliphatic heterocycles. The summed E-state index contributed by atoms with van der Waals surface area (Å²) in [5.41, 5.74) is 0.541. The summed E-state index contributed by atoms with van der Waals surface area (Å²) in [7, 11) is 2.95. The Hall–Kier alpha value is -2.04. The molecular formula is C10H10N2O3. The Morgan fingerprint density at radius 3 is 2.93 bits per heavy atom. The number of aromatic amines is 1. The summed E-state index contributed by atoms with van der Waals surface area (Å²) in [4.78, 5) is 25.6. The number of methoxy groups -OCH3 is 1. The molecule has 0 radical (unpaired) electrons. The number of rotatable bonds is 1. The second kappa shape index (κ2) is 3.27. The van der Waals surface area contributed by atoms with Crippen molar-refractivity contribution in [2.75, 3.05) is 7.11 Å². The minimum atomic E-state index is -0.478. The fraction of sp³-hybridized carbons (Fsp3) is 0.200. The van der Waals surface area contributed by atoms with E-state index in [4.69, 9.17) is 0 Å². The van der Waals surface area contributed by atoms with Gasteiger partial charge in [-0.15, -0.1) is 0 Å². The highest BCUT2D eigenvalue weighted by Gasteiger charge is 2.11. The summed E-state index contributed by atoms with van der Waals surface area (Å²) in [6.07, 6.45) is 1.65. The van der Waals surface area contributed by atoms with Crippen LogP contribution in [0.3, 0.4) is 0 Å². The van der Waals surface area contributed by atoms with E-state index in [1.165, 1.54) is 11.7 Å². The average molecular weight is 206 g/mol. The molecule has 0 aliphatic carbocycles. The molecule has 15 heavy (non-hydrogen) atoms. The molecule has 0 saturated heterocycles. The number of pyridine rings is 1. The highest BCUT2D eigenvalue weighted by atomic mass is 16.5. The van der Waals surface area contributed by atoms with Crippen LogP contribution in [-0.2, 0) is 11.8 Å². The van der Waals surface area contributed by atoms with E-state index in [9.17, 15) is 9.59 Å². The van der Waals surface area contributed by atoms with Crippen molar-refractivity contribution in [2.24, 2.45) is 7.05 Å². The predicted molar refractivity (Wildman–Crippen MR) is 54.9 cm³/mol. The van der Waals surface area contributed by atoms with Gasteiger partial charge in [0.05, 0.1) is 7.11 Å².